The van der Waals surface area contributed by atoms with Crippen LogP contribution in [0.1, 0.15) is 0 Å². The smallest absolute Gasteiger partial charge is 0.125 e. The minimum absolute atomic E-state index is 0.288. The van der Waals surface area contributed by atoms with Crippen molar-refractivity contribution < 1.29 is 4.39 Å². The quantitative estimate of drug-likeness (QED) is 0.619. The molecule has 0 aliphatic heterocycles. The van der Waals surface area contributed by atoms with Crippen LogP contribution in [0, 0.1) is 5.82 Å². The number of nitrogens with zero attached hydrogens (tertiary/aromatic N) is 1. The maximum Gasteiger partial charge on any atom is 0.125 e. The summed E-state index contributed by atoms with van der Waals surface area (Å²) in [6.45, 7) is 0. The lowest BCUT2D eigenvalue weighted by Gasteiger charge is -2.14. The van der Waals surface area contributed by atoms with E-state index in [1.165, 1.54) is 12.1 Å². The van der Waals surface area contributed by atoms with Crippen molar-refractivity contribution in [1.29, 1.82) is 0 Å². The third kappa shape index (κ3) is 2.66. The zero-order valence-corrected chi connectivity index (χ0v) is 13.0. The number of hydrogen-bond acceptors (Lipinski definition) is 3. The average Bonchev–Trinajstić information content (AvgIpc) is 2.45. The predicted molar refractivity (Wildman–Crippen MR) is 88.5 cm³/mol. The van der Waals surface area contributed by atoms with E-state index in [9.17, 15) is 4.39 Å². The first-order valence-corrected chi connectivity index (χ1v) is 7.27. The van der Waals surface area contributed by atoms with E-state index in [0.29, 0.717) is 15.8 Å². The Morgan fingerprint density at radius 2 is 2.00 bits per heavy atom. The Bertz CT molecular complexity index is 815. The highest BCUT2D eigenvalue weighted by Crippen LogP contribution is 2.36. The molecule has 3 aromatic rings. The van der Waals surface area contributed by atoms with E-state index >= 15 is 0 Å². The van der Waals surface area contributed by atoms with Gasteiger partial charge in [0.1, 0.15) is 5.82 Å². The highest BCUT2D eigenvalue weighted by Gasteiger charge is 2.11. The van der Waals surface area contributed by atoms with Crippen LogP contribution in [0.5, 0.6) is 0 Å². The Morgan fingerprint density at radius 1 is 1.19 bits per heavy atom. The van der Waals surface area contributed by atoms with Crippen LogP contribution in [0.25, 0.3) is 10.8 Å². The molecule has 0 bridgehead atoms. The molecule has 0 aliphatic carbocycles. The fourth-order valence-electron chi connectivity index (χ4n) is 2.12. The Balaban J connectivity index is 2.13. The molecule has 3 N–H and O–H groups in total. The summed E-state index contributed by atoms with van der Waals surface area (Å²) in [6.07, 6.45) is 3.41. The van der Waals surface area contributed by atoms with Gasteiger partial charge in [-0.15, -0.1) is 0 Å². The monoisotopic (exact) mass is 365 g/mol. The van der Waals surface area contributed by atoms with Crippen molar-refractivity contribution in [1.82, 2.24) is 4.98 Å². The summed E-state index contributed by atoms with van der Waals surface area (Å²) in [6, 6.07) is 8.09. The molecule has 0 unspecified atom stereocenters. The standard InChI is InChI=1S/C15H10BrClFN3/c16-11-5-8(18)6-12(17)15(11)21-14-2-1-13(19)9-3-4-20-7-10(9)14/h1-7,21H,19H2. The first kappa shape index (κ1) is 14.1. The first-order valence-electron chi connectivity index (χ1n) is 6.10. The molecule has 0 saturated heterocycles. The molecule has 3 rings (SSSR count). The van der Waals surface area contributed by atoms with Gasteiger partial charge in [-0.25, -0.2) is 4.39 Å². The number of benzene rings is 2. The number of fused-ring (bicyclic) bond motifs is 1. The van der Waals surface area contributed by atoms with E-state index in [1.807, 2.05) is 12.1 Å². The molecule has 0 aliphatic rings. The first-order chi connectivity index (χ1) is 10.1. The molecule has 6 heteroatoms. The molecule has 0 atom stereocenters. The number of nitrogens with two attached hydrogens (primary N) is 1. The van der Waals surface area contributed by atoms with Crippen molar-refractivity contribution >= 4 is 55.4 Å². The molecule has 3 nitrogen and oxygen atoms in total. The number of rotatable bonds is 2. The van der Waals surface area contributed by atoms with Crippen LogP contribution < -0.4 is 11.1 Å². The lowest BCUT2D eigenvalue weighted by Crippen LogP contribution is -1.96. The Hall–Kier alpha value is -1.85. The molecular formula is C15H10BrClFN3. The van der Waals surface area contributed by atoms with E-state index in [4.69, 9.17) is 17.3 Å². The highest BCUT2D eigenvalue weighted by molar-refractivity contribution is 9.10. The van der Waals surface area contributed by atoms with Gasteiger partial charge in [-0.3, -0.25) is 4.98 Å². The predicted octanol–water partition coefficient (Wildman–Crippen LogP) is 5.12. The van der Waals surface area contributed by atoms with Crippen molar-refractivity contribution in [3.63, 3.8) is 0 Å². The second-order valence-corrected chi connectivity index (χ2v) is 5.75. The Labute approximate surface area is 134 Å². The molecule has 0 saturated carbocycles. The molecule has 0 fully saturated rings. The van der Waals surface area contributed by atoms with Gasteiger partial charge in [-0.05, 0) is 46.3 Å². The molecule has 2 aromatic carbocycles. The van der Waals surface area contributed by atoms with Gasteiger partial charge in [0.25, 0.3) is 0 Å². The average molecular weight is 367 g/mol. The van der Waals surface area contributed by atoms with Gasteiger partial charge in [-0.2, -0.15) is 0 Å². The fraction of sp³-hybridized carbons (Fsp3) is 0. The van der Waals surface area contributed by atoms with Crippen LogP contribution in [0.4, 0.5) is 21.5 Å². The number of aromatic nitrogens is 1. The van der Waals surface area contributed by atoms with Gasteiger partial charge < -0.3 is 11.1 Å². The van der Waals surface area contributed by atoms with Crippen molar-refractivity contribution in [3.05, 3.63) is 58.0 Å². The van der Waals surface area contributed by atoms with Crippen molar-refractivity contribution in [3.8, 4) is 0 Å². The third-order valence-electron chi connectivity index (χ3n) is 3.12. The number of anilines is 3. The van der Waals surface area contributed by atoms with Crippen molar-refractivity contribution in [2.45, 2.75) is 0 Å². The number of nitrogen functional groups attached to an aromatic ring is 1. The topological polar surface area (TPSA) is 50.9 Å². The van der Waals surface area contributed by atoms with Crippen LogP contribution >= 0.6 is 27.5 Å². The van der Waals surface area contributed by atoms with Crippen LogP contribution in [-0.2, 0) is 0 Å². The largest absolute Gasteiger partial charge is 0.398 e. The van der Waals surface area contributed by atoms with Crippen LogP contribution in [0.2, 0.25) is 5.02 Å². The maximum absolute atomic E-state index is 13.3. The zero-order chi connectivity index (χ0) is 15.0. The lowest BCUT2D eigenvalue weighted by molar-refractivity contribution is 0.627. The highest BCUT2D eigenvalue weighted by atomic mass is 79.9. The normalized spacial score (nSPS) is 10.8. The molecule has 0 spiro atoms. The van der Waals surface area contributed by atoms with Crippen LogP contribution in [0.15, 0.2) is 47.2 Å². The second-order valence-electron chi connectivity index (χ2n) is 4.49. The van der Waals surface area contributed by atoms with Gasteiger partial charge in [0.15, 0.2) is 0 Å². The molecule has 1 heterocycles. The molecule has 1 aromatic heterocycles. The van der Waals surface area contributed by atoms with E-state index in [-0.39, 0.29) is 5.02 Å². The molecule has 0 amide bonds. The maximum atomic E-state index is 13.3. The number of nitrogens with one attached hydrogen (secondary N) is 1. The molecular weight excluding hydrogens is 357 g/mol. The van der Waals surface area contributed by atoms with Gasteiger partial charge in [0.05, 0.1) is 10.7 Å². The van der Waals surface area contributed by atoms with E-state index in [1.54, 1.807) is 18.5 Å². The van der Waals surface area contributed by atoms with Gasteiger partial charge in [0, 0.05) is 39.0 Å². The van der Waals surface area contributed by atoms with Gasteiger partial charge in [0.2, 0.25) is 0 Å². The van der Waals surface area contributed by atoms with Gasteiger partial charge in [-0.1, -0.05) is 11.6 Å². The fourth-order valence-corrected chi connectivity index (χ4v) is 3.02. The number of halogens is 3. The summed E-state index contributed by atoms with van der Waals surface area (Å²) in [5.74, 6) is -0.402. The van der Waals surface area contributed by atoms with Gasteiger partial charge >= 0.3 is 0 Å². The summed E-state index contributed by atoms with van der Waals surface area (Å²) in [5, 5.41) is 5.24. The number of pyridine rings is 1. The minimum Gasteiger partial charge on any atom is -0.398 e. The van der Waals surface area contributed by atoms with E-state index < -0.39 is 5.82 Å². The zero-order valence-electron chi connectivity index (χ0n) is 10.7. The van der Waals surface area contributed by atoms with Crippen molar-refractivity contribution in [2.75, 3.05) is 11.1 Å². The molecule has 0 radical (unpaired) electrons. The van der Waals surface area contributed by atoms with Crippen LogP contribution in [0.3, 0.4) is 0 Å². The lowest BCUT2D eigenvalue weighted by atomic mass is 10.1. The minimum atomic E-state index is -0.402. The molecule has 106 valence electrons. The summed E-state index contributed by atoms with van der Waals surface area (Å²) in [5.41, 5.74) is 8.01. The number of hydrogen-bond donors (Lipinski definition) is 2. The summed E-state index contributed by atoms with van der Waals surface area (Å²) in [4.78, 5) is 4.11. The third-order valence-corrected chi connectivity index (χ3v) is 4.04. The summed E-state index contributed by atoms with van der Waals surface area (Å²) in [7, 11) is 0. The van der Waals surface area contributed by atoms with E-state index in [2.05, 4.69) is 26.2 Å². The summed E-state index contributed by atoms with van der Waals surface area (Å²) < 4.78 is 13.8. The van der Waals surface area contributed by atoms with Crippen molar-refractivity contribution in [2.24, 2.45) is 0 Å². The summed E-state index contributed by atoms with van der Waals surface area (Å²) >= 11 is 9.40. The Kier molecular flexibility index (Phi) is 3.69. The SMILES string of the molecule is Nc1ccc(Nc2c(Cl)cc(F)cc2Br)c2cnccc12. The second kappa shape index (κ2) is 5.50. The van der Waals surface area contributed by atoms with Crippen LogP contribution in [-0.4, -0.2) is 4.98 Å². The van der Waals surface area contributed by atoms with E-state index in [0.717, 1.165) is 16.5 Å². The Morgan fingerprint density at radius 3 is 2.76 bits per heavy atom. The molecule has 21 heavy (non-hydrogen) atoms.